The second kappa shape index (κ2) is 5.71. The molecule has 1 aromatic rings. The Morgan fingerprint density at radius 3 is 2.88 bits per heavy atom. The van der Waals surface area contributed by atoms with Crippen LogP contribution < -0.4 is 10.2 Å². The molecule has 94 valence electrons. The monoisotopic (exact) mass is 253 g/mol. The summed E-state index contributed by atoms with van der Waals surface area (Å²) in [6.45, 7) is 4.11. The van der Waals surface area contributed by atoms with Crippen molar-refractivity contribution in [3.8, 4) is 0 Å². The van der Waals surface area contributed by atoms with Gasteiger partial charge in [-0.2, -0.15) is 0 Å². The number of benzene rings is 1. The summed E-state index contributed by atoms with van der Waals surface area (Å²) in [5.41, 5.74) is 1.15. The number of likely N-dealkylation sites (N-methyl/N-ethyl adjacent to an activating group) is 1. The van der Waals surface area contributed by atoms with E-state index in [9.17, 15) is 0 Å². The minimum absolute atomic E-state index is 0.509. The number of hydrogen-bond acceptors (Lipinski definition) is 3. The summed E-state index contributed by atoms with van der Waals surface area (Å²) < 4.78 is 0. The van der Waals surface area contributed by atoms with Crippen molar-refractivity contribution < 1.29 is 0 Å². The number of piperazine rings is 1. The summed E-state index contributed by atoms with van der Waals surface area (Å²) in [4.78, 5) is 4.58. The molecule has 2 rings (SSSR count). The van der Waals surface area contributed by atoms with E-state index >= 15 is 0 Å². The lowest BCUT2D eigenvalue weighted by Gasteiger charge is -2.36. The molecule has 0 amide bonds. The summed E-state index contributed by atoms with van der Waals surface area (Å²) in [5, 5.41) is 4.39. The maximum absolute atomic E-state index is 6.24. The predicted molar refractivity (Wildman–Crippen MR) is 74.0 cm³/mol. The Labute approximate surface area is 108 Å². The second-order valence-electron chi connectivity index (χ2n) is 4.81. The molecule has 0 spiro atoms. The second-order valence-corrected chi connectivity index (χ2v) is 5.22. The van der Waals surface area contributed by atoms with Gasteiger partial charge in [-0.3, -0.25) is 0 Å². The average molecular weight is 254 g/mol. The van der Waals surface area contributed by atoms with E-state index in [2.05, 4.69) is 35.3 Å². The molecule has 1 N–H and O–H groups in total. The third-order valence-electron chi connectivity index (χ3n) is 3.03. The van der Waals surface area contributed by atoms with Crippen LogP contribution in [0, 0.1) is 0 Å². The van der Waals surface area contributed by atoms with Gasteiger partial charge in [0.15, 0.2) is 0 Å². The van der Waals surface area contributed by atoms with Gasteiger partial charge in [-0.1, -0.05) is 23.7 Å². The molecule has 4 heteroatoms. The summed E-state index contributed by atoms with van der Waals surface area (Å²) in [7, 11) is 4.21. The Hall–Kier alpha value is -0.770. The van der Waals surface area contributed by atoms with Gasteiger partial charge in [0, 0.05) is 32.2 Å². The van der Waals surface area contributed by atoms with E-state index in [-0.39, 0.29) is 0 Å². The van der Waals surface area contributed by atoms with E-state index < -0.39 is 0 Å². The number of nitrogens with zero attached hydrogens (tertiary/aromatic N) is 2. The third kappa shape index (κ3) is 3.35. The van der Waals surface area contributed by atoms with E-state index in [0.717, 1.165) is 36.9 Å². The van der Waals surface area contributed by atoms with Crippen molar-refractivity contribution in [3.63, 3.8) is 0 Å². The molecule has 3 nitrogen and oxygen atoms in total. The number of rotatable bonds is 3. The van der Waals surface area contributed by atoms with E-state index in [4.69, 9.17) is 11.6 Å². The maximum Gasteiger partial charge on any atom is 0.0639 e. The molecule has 1 saturated heterocycles. The molecule has 0 saturated carbocycles. The molecular weight excluding hydrogens is 234 g/mol. The molecule has 1 atom stereocenters. The van der Waals surface area contributed by atoms with E-state index in [1.165, 1.54) is 0 Å². The van der Waals surface area contributed by atoms with Crippen LogP contribution in [0.1, 0.15) is 0 Å². The molecule has 0 bridgehead atoms. The number of para-hydroxylation sites is 1. The Kier molecular flexibility index (Phi) is 4.26. The van der Waals surface area contributed by atoms with Gasteiger partial charge in [-0.15, -0.1) is 0 Å². The van der Waals surface area contributed by atoms with Crippen LogP contribution in [0.15, 0.2) is 24.3 Å². The Balaban J connectivity index is 2.04. The highest BCUT2D eigenvalue weighted by Gasteiger charge is 2.20. The van der Waals surface area contributed by atoms with Gasteiger partial charge in [0.1, 0.15) is 0 Å². The van der Waals surface area contributed by atoms with Crippen molar-refractivity contribution in [3.05, 3.63) is 29.3 Å². The summed E-state index contributed by atoms with van der Waals surface area (Å²) in [6, 6.07) is 8.59. The average Bonchev–Trinajstić information content (AvgIpc) is 2.29. The standard InChI is InChI=1S/C13H20ClN3/c1-16(2)9-11-10-17(8-7-15-11)13-6-4-3-5-12(13)14/h3-6,11,15H,7-10H2,1-2H3. The molecule has 0 radical (unpaired) electrons. The lowest BCUT2D eigenvalue weighted by molar-refractivity contribution is 0.323. The third-order valence-corrected chi connectivity index (χ3v) is 3.35. The molecule has 1 aliphatic heterocycles. The summed E-state index contributed by atoms with van der Waals surface area (Å²) >= 11 is 6.24. The van der Waals surface area contributed by atoms with Gasteiger partial charge in [0.05, 0.1) is 10.7 Å². The quantitative estimate of drug-likeness (QED) is 0.884. The molecule has 0 aliphatic carbocycles. The highest BCUT2D eigenvalue weighted by molar-refractivity contribution is 6.33. The van der Waals surface area contributed by atoms with Gasteiger partial charge in [0.2, 0.25) is 0 Å². The Morgan fingerprint density at radius 2 is 2.18 bits per heavy atom. The maximum atomic E-state index is 6.24. The first-order valence-corrected chi connectivity index (χ1v) is 6.42. The van der Waals surface area contributed by atoms with Crippen LogP contribution in [0.2, 0.25) is 5.02 Å². The van der Waals surface area contributed by atoms with Gasteiger partial charge in [0.25, 0.3) is 0 Å². The Bertz CT molecular complexity index is 367. The van der Waals surface area contributed by atoms with Crippen molar-refractivity contribution in [1.29, 1.82) is 0 Å². The molecule has 1 aliphatic rings. The smallest absolute Gasteiger partial charge is 0.0639 e. The summed E-state index contributed by atoms with van der Waals surface area (Å²) in [6.07, 6.45) is 0. The fraction of sp³-hybridized carbons (Fsp3) is 0.538. The molecule has 0 aromatic heterocycles. The largest absolute Gasteiger partial charge is 0.367 e. The fourth-order valence-electron chi connectivity index (χ4n) is 2.32. The first-order chi connectivity index (χ1) is 8.16. The zero-order chi connectivity index (χ0) is 12.3. The van der Waals surface area contributed by atoms with Crippen molar-refractivity contribution in [2.75, 3.05) is 45.2 Å². The zero-order valence-corrected chi connectivity index (χ0v) is 11.2. The van der Waals surface area contributed by atoms with Gasteiger partial charge >= 0.3 is 0 Å². The zero-order valence-electron chi connectivity index (χ0n) is 10.5. The van der Waals surface area contributed by atoms with Gasteiger partial charge in [-0.25, -0.2) is 0 Å². The van der Waals surface area contributed by atoms with Crippen molar-refractivity contribution in [1.82, 2.24) is 10.2 Å². The van der Waals surface area contributed by atoms with Crippen LogP contribution in [-0.2, 0) is 0 Å². The topological polar surface area (TPSA) is 18.5 Å². The van der Waals surface area contributed by atoms with Gasteiger partial charge < -0.3 is 15.1 Å². The summed E-state index contributed by atoms with van der Waals surface area (Å²) in [5.74, 6) is 0. The van der Waals surface area contributed by atoms with Crippen LogP contribution in [0.4, 0.5) is 5.69 Å². The highest BCUT2D eigenvalue weighted by Crippen LogP contribution is 2.25. The van der Waals surface area contributed by atoms with Crippen LogP contribution in [-0.4, -0.2) is 51.2 Å². The first-order valence-electron chi connectivity index (χ1n) is 6.04. The van der Waals surface area contributed by atoms with Crippen molar-refractivity contribution in [2.24, 2.45) is 0 Å². The predicted octanol–water partition coefficient (Wildman–Crippen LogP) is 1.68. The number of hydrogen-bond donors (Lipinski definition) is 1. The SMILES string of the molecule is CN(C)CC1CN(c2ccccc2Cl)CCN1. The van der Waals surface area contributed by atoms with Crippen LogP contribution in [0.3, 0.4) is 0 Å². The fourth-order valence-corrected chi connectivity index (χ4v) is 2.57. The van der Waals surface area contributed by atoms with E-state index in [0.29, 0.717) is 6.04 Å². The van der Waals surface area contributed by atoms with Gasteiger partial charge in [-0.05, 0) is 26.2 Å². The molecule has 1 unspecified atom stereocenters. The molecule has 1 fully saturated rings. The lowest BCUT2D eigenvalue weighted by Crippen LogP contribution is -2.54. The van der Waals surface area contributed by atoms with Crippen LogP contribution in [0.25, 0.3) is 0 Å². The lowest BCUT2D eigenvalue weighted by atomic mass is 10.1. The normalized spacial score (nSPS) is 20.9. The molecular formula is C13H20ClN3. The van der Waals surface area contributed by atoms with Crippen LogP contribution >= 0.6 is 11.6 Å². The van der Waals surface area contributed by atoms with Crippen LogP contribution in [0.5, 0.6) is 0 Å². The minimum Gasteiger partial charge on any atom is -0.367 e. The number of halogens is 1. The van der Waals surface area contributed by atoms with E-state index in [1.807, 2.05) is 18.2 Å². The highest BCUT2D eigenvalue weighted by atomic mass is 35.5. The first kappa shape index (κ1) is 12.7. The molecule has 17 heavy (non-hydrogen) atoms. The molecule has 1 aromatic carbocycles. The number of anilines is 1. The number of nitrogens with one attached hydrogen (secondary N) is 1. The Morgan fingerprint density at radius 1 is 1.41 bits per heavy atom. The molecule has 1 heterocycles. The van der Waals surface area contributed by atoms with Crippen molar-refractivity contribution >= 4 is 17.3 Å². The minimum atomic E-state index is 0.509. The van der Waals surface area contributed by atoms with Crippen molar-refractivity contribution in [2.45, 2.75) is 6.04 Å². The van der Waals surface area contributed by atoms with E-state index in [1.54, 1.807) is 0 Å².